The Morgan fingerprint density at radius 3 is 2.62 bits per heavy atom. The Labute approximate surface area is 142 Å². The average Bonchev–Trinajstić information content (AvgIpc) is 2.52. The predicted molar refractivity (Wildman–Crippen MR) is 91.1 cm³/mol. The number of nitrogens with zero attached hydrogens (tertiary/aromatic N) is 1. The van der Waals surface area contributed by atoms with E-state index in [4.69, 9.17) is 4.74 Å². The standard InChI is InChI=1S/C17H26N4O3/c1-17(2,3)24-16(23)19-13-9-5-4-8-12(13)15(22)21-20-14-10-6-7-11-18-14/h6-7,10-13H,4-5,8-9H2,1-3H3,(H,18,20)(H,19,23)(H,21,22)/t12-,13-/m1/s1. The van der Waals surface area contributed by atoms with Crippen molar-refractivity contribution in [3.8, 4) is 0 Å². The third kappa shape index (κ3) is 5.72. The van der Waals surface area contributed by atoms with Gasteiger partial charge in [-0.1, -0.05) is 18.9 Å². The highest BCUT2D eigenvalue weighted by atomic mass is 16.6. The molecule has 0 aromatic carbocycles. The summed E-state index contributed by atoms with van der Waals surface area (Å²) in [6.45, 7) is 5.44. The number of hydrogen-bond donors (Lipinski definition) is 3. The Balaban J connectivity index is 1.90. The van der Waals surface area contributed by atoms with E-state index in [0.717, 1.165) is 25.7 Å². The number of alkyl carbamates (subject to hydrolysis) is 1. The van der Waals surface area contributed by atoms with Crippen molar-refractivity contribution in [2.75, 3.05) is 5.43 Å². The Morgan fingerprint density at radius 2 is 1.96 bits per heavy atom. The highest BCUT2D eigenvalue weighted by Crippen LogP contribution is 2.25. The molecule has 2 atom stereocenters. The van der Waals surface area contributed by atoms with E-state index in [-0.39, 0.29) is 17.9 Å². The van der Waals surface area contributed by atoms with Gasteiger partial charge in [-0.3, -0.25) is 15.6 Å². The van der Waals surface area contributed by atoms with Crippen LogP contribution in [0.3, 0.4) is 0 Å². The van der Waals surface area contributed by atoms with Crippen molar-refractivity contribution in [3.05, 3.63) is 24.4 Å². The number of pyridine rings is 1. The minimum atomic E-state index is -0.558. The van der Waals surface area contributed by atoms with Crippen molar-refractivity contribution < 1.29 is 14.3 Å². The van der Waals surface area contributed by atoms with Gasteiger partial charge in [-0.2, -0.15) is 0 Å². The zero-order chi connectivity index (χ0) is 17.6. The lowest BCUT2D eigenvalue weighted by Gasteiger charge is -2.32. The second-order valence-electron chi connectivity index (χ2n) is 6.97. The SMILES string of the molecule is CC(C)(C)OC(=O)N[C@@H]1CCCC[C@H]1C(=O)NNc1ccccn1. The first-order valence-corrected chi connectivity index (χ1v) is 8.31. The average molecular weight is 334 g/mol. The molecule has 7 heteroatoms. The van der Waals surface area contributed by atoms with E-state index in [1.54, 1.807) is 18.3 Å². The normalized spacial score (nSPS) is 20.8. The summed E-state index contributed by atoms with van der Waals surface area (Å²) in [5, 5.41) is 2.84. The van der Waals surface area contributed by atoms with Gasteiger partial charge in [-0.25, -0.2) is 9.78 Å². The highest BCUT2D eigenvalue weighted by Gasteiger charge is 2.33. The summed E-state index contributed by atoms with van der Waals surface area (Å²) in [5.74, 6) is 0.127. The fraction of sp³-hybridized carbons (Fsp3) is 0.588. The van der Waals surface area contributed by atoms with E-state index in [2.05, 4.69) is 21.2 Å². The summed E-state index contributed by atoms with van der Waals surface area (Å²) in [6.07, 6.45) is 4.61. The van der Waals surface area contributed by atoms with Crippen LogP contribution in [0.4, 0.5) is 10.6 Å². The number of carbonyl (C=O) groups is 2. The summed E-state index contributed by atoms with van der Waals surface area (Å²) in [4.78, 5) is 28.5. The van der Waals surface area contributed by atoms with Gasteiger partial charge in [0.2, 0.25) is 5.91 Å². The minimum Gasteiger partial charge on any atom is -0.444 e. The Kier molecular flexibility index (Phi) is 6.00. The Hall–Kier alpha value is -2.31. The van der Waals surface area contributed by atoms with E-state index in [9.17, 15) is 9.59 Å². The molecule has 1 aromatic rings. The maximum atomic E-state index is 12.5. The van der Waals surface area contributed by atoms with Gasteiger partial charge in [0, 0.05) is 12.2 Å². The van der Waals surface area contributed by atoms with Gasteiger partial charge in [0.1, 0.15) is 11.4 Å². The predicted octanol–water partition coefficient (Wildman–Crippen LogP) is 2.61. The van der Waals surface area contributed by atoms with Crippen molar-refractivity contribution in [2.45, 2.75) is 58.1 Å². The molecular formula is C17H26N4O3. The molecule has 1 aliphatic carbocycles. The topological polar surface area (TPSA) is 92.3 Å². The molecule has 0 radical (unpaired) electrons. The summed E-state index contributed by atoms with van der Waals surface area (Å²) in [6, 6.07) is 5.17. The van der Waals surface area contributed by atoms with Crippen molar-refractivity contribution in [1.29, 1.82) is 0 Å². The molecule has 0 aliphatic heterocycles. The Bertz CT molecular complexity index is 557. The van der Waals surface area contributed by atoms with E-state index >= 15 is 0 Å². The zero-order valence-corrected chi connectivity index (χ0v) is 14.5. The smallest absolute Gasteiger partial charge is 0.407 e. The molecule has 2 amide bonds. The second-order valence-corrected chi connectivity index (χ2v) is 6.97. The number of anilines is 1. The van der Waals surface area contributed by atoms with Crippen LogP contribution in [0.25, 0.3) is 0 Å². The van der Waals surface area contributed by atoms with Crippen molar-refractivity contribution in [2.24, 2.45) is 5.92 Å². The number of rotatable bonds is 4. The quantitative estimate of drug-likeness (QED) is 0.736. The highest BCUT2D eigenvalue weighted by molar-refractivity contribution is 5.81. The van der Waals surface area contributed by atoms with Crippen LogP contribution in [-0.2, 0) is 9.53 Å². The van der Waals surface area contributed by atoms with Gasteiger partial charge in [0.15, 0.2) is 0 Å². The number of hydrogen-bond acceptors (Lipinski definition) is 5. The lowest BCUT2D eigenvalue weighted by atomic mass is 9.84. The lowest BCUT2D eigenvalue weighted by Crippen LogP contribution is -2.50. The van der Waals surface area contributed by atoms with Crippen LogP contribution in [0.1, 0.15) is 46.5 Å². The first kappa shape index (κ1) is 18.0. The minimum absolute atomic E-state index is 0.151. The third-order valence-electron chi connectivity index (χ3n) is 3.78. The molecule has 1 fully saturated rings. The molecule has 132 valence electrons. The first-order valence-electron chi connectivity index (χ1n) is 8.31. The summed E-state index contributed by atoms with van der Waals surface area (Å²) in [5.41, 5.74) is 4.92. The van der Waals surface area contributed by atoms with Gasteiger partial charge in [0.25, 0.3) is 0 Å². The fourth-order valence-electron chi connectivity index (χ4n) is 2.73. The molecule has 7 nitrogen and oxygen atoms in total. The van der Waals surface area contributed by atoms with E-state index in [1.165, 1.54) is 0 Å². The van der Waals surface area contributed by atoms with Gasteiger partial charge < -0.3 is 10.1 Å². The fourth-order valence-corrected chi connectivity index (χ4v) is 2.73. The molecule has 1 aromatic heterocycles. The van der Waals surface area contributed by atoms with Gasteiger partial charge in [-0.15, -0.1) is 0 Å². The molecule has 0 bridgehead atoms. The number of aromatic nitrogens is 1. The van der Waals surface area contributed by atoms with E-state index in [1.807, 2.05) is 26.8 Å². The summed E-state index contributed by atoms with van der Waals surface area (Å²) < 4.78 is 5.29. The maximum Gasteiger partial charge on any atom is 0.407 e. The molecule has 1 saturated carbocycles. The monoisotopic (exact) mass is 334 g/mol. The van der Waals surface area contributed by atoms with Crippen LogP contribution in [0.15, 0.2) is 24.4 Å². The number of amides is 2. The second kappa shape index (κ2) is 7.99. The van der Waals surface area contributed by atoms with Crippen LogP contribution in [0.5, 0.6) is 0 Å². The zero-order valence-electron chi connectivity index (χ0n) is 14.5. The van der Waals surface area contributed by atoms with E-state index in [0.29, 0.717) is 5.82 Å². The lowest BCUT2D eigenvalue weighted by molar-refractivity contribution is -0.126. The molecule has 1 heterocycles. The summed E-state index contributed by atoms with van der Waals surface area (Å²) >= 11 is 0. The molecular weight excluding hydrogens is 308 g/mol. The van der Waals surface area contributed by atoms with Gasteiger partial charge in [0.05, 0.1) is 5.92 Å². The van der Waals surface area contributed by atoms with Crippen LogP contribution in [0.2, 0.25) is 0 Å². The van der Waals surface area contributed by atoms with Crippen LogP contribution in [0, 0.1) is 5.92 Å². The van der Waals surface area contributed by atoms with E-state index < -0.39 is 11.7 Å². The van der Waals surface area contributed by atoms with Gasteiger partial charge >= 0.3 is 6.09 Å². The summed E-state index contributed by atoms with van der Waals surface area (Å²) in [7, 11) is 0. The van der Waals surface area contributed by atoms with Crippen LogP contribution < -0.4 is 16.2 Å². The first-order chi connectivity index (χ1) is 11.3. The van der Waals surface area contributed by atoms with Crippen LogP contribution >= 0.6 is 0 Å². The molecule has 0 spiro atoms. The molecule has 0 unspecified atom stereocenters. The largest absolute Gasteiger partial charge is 0.444 e. The molecule has 3 N–H and O–H groups in total. The molecule has 1 aliphatic rings. The molecule has 0 saturated heterocycles. The number of nitrogens with one attached hydrogen (secondary N) is 3. The number of hydrazine groups is 1. The molecule has 2 rings (SSSR count). The molecule has 24 heavy (non-hydrogen) atoms. The van der Waals surface area contributed by atoms with Crippen molar-refractivity contribution in [1.82, 2.24) is 15.7 Å². The number of carbonyl (C=O) groups excluding carboxylic acids is 2. The van der Waals surface area contributed by atoms with Crippen molar-refractivity contribution in [3.63, 3.8) is 0 Å². The maximum absolute atomic E-state index is 12.5. The van der Waals surface area contributed by atoms with Crippen molar-refractivity contribution >= 4 is 17.8 Å². The third-order valence-corrected chi connectivity index (χ3v) is 3.78. The van der Waals surface area contributed by atoms with Crippen LogP contribution in [-0.4, -0.2) is 28.6 Å². The number of ether oxygens (including phenoxy) is 1. The Morgan fingerprint density at radius 1 is 1.21 bits per heavy atom. The van der Waals surface area contributed by atoms with Gasteiger partial charge in [-0.05, 0) is 45.7 Å².